The number of halogens is 3. The molecule has 4 rings (SSSR count). The first-order valence-corrected chi connectivity index (χ1v) is 11.4. The van der Waals surface area contributed by atoms with E-state index in [9.17, 15) is 18.0 Å². The van der Waals surface area contributed by atoms with Crippen LogP contribution in [0.25, 0.3) is 0 Å². The minimum atomic E-state index is -4.85. The number of alkyl halides is 3. The van der Waals surface area contributed by atoms with Gasteiger partial charge in [0.2, 0.25) is 0 Å². The standard InChI is InChI=1S/C27H27F3N2O2/c28-27(29,30)34-25-14-8-7-13-24(25)26(33)31-22-15-17-32(19-22)18-16-23(20-9-3-1-4-10-20)21-11-5-2-6-12-21/h1-14,22-23H,15-19H2,(H,31,33). The number of para-hydroxylation sites is 1. The van der Waals surface area contributed by atoms with Crippen LogP contribution in [-0.2, 0) is 0 Å². The number of hydrogen-bond donors (Lipinski definition) is 1. The lowest BCUT2D eigenvalue weighted by Crippen LogP contribution is -2.37. The number of amides is 1. The van der Waals surface area contributed by atoms with Crippen molar-refractivity contribution in [2.45, 2.75) is 31.2 Å². The predicted molar refractivity (Wildman–Crippen MR) is 125 cm³/mol. The van der Waals surface area contributed by atoms with E-state index in [1.165, 1.54) is 29.3 Å². The van der Waals surface area contributed by atoms with E-state index in [0.717, 1.165) is 32.0 Å². The van der Waals surface area contributed by atoms with Gasteiger partial charge in [0, 0.05) is 25.0 Å². The summed E-state index contributed by atoms with van der Waals surface area (Å²) < 4.78 is 42.0. The summed E-state index contributed by atoms with van der Waals surface area (Å²) in [5.74, 6) is -0.781. The molecule has 178 valence electrons. The minimum Gasteiger partial charge on any atom is -0.405 e. The zero-order valence-electron chi connectivity index (χ0n) is 18.7. The highest BCUT2D eigenvalue weighted by atomic mass is 19.4. The summed E-state index contributed by atoms with van der Waals surface area (Å²) >= 11 is 0. The van der Waals surface area contributed by atoms with Crippen molar-refractivity contribution >= 4 is 5.91 Å². The Balaban J connectivity index is 1.35. The normalized spacial score (nSPS) is 16.5. The van der Waals surface area contributed by atoms with Crippen LogP contribution < -0.4 is 10.1 Å². The molecule has 1 N–H and O–H groups in total. The van der Waals surface area contributed by atoms with Gasteiger partial charge in [-0.2, -0.15) is 0 Å². The zero-order chi connectivity index (χ0) is 24.0. The maximum Gasteiger partial charge on any atom is 0.573 e. The number of benzene rings is 3. The number of nitrogens with one attached hydrogen (secondary N) is 1. The van der Waals surface area contributed by atoms with Crippen molar-refractivity contribution in [1.82, 2.24) is 10.2 Å². The lowest BCUT2D eigenvalue weighted by Gasteiger charge is -2.22. The molecule has 4 nitrogen and oxygen atoms in total. The third-order valence-corrected chi connectivity index (χ3v) is 6.10. The molecule has 0 radical (unpaired) electrons. The molecule has 0 bridgehead atoms. The zero-order valence-corrected chi connectivity index (χ0v) is 18.7. The van der Waals surface area contributed by atoms with Crippen molar-refractivity contribution in [3.8, 4) is 5.75 Å². The third kappa shape index (κ3) is 6.38. The summed E-state index contributed by atoms with van der Waals surface area (Å²) in [6.45, 7) is 2.33. The highest BCUT2D eigenvalue weighted by molar-refractivity contribution is 5.97. The van der Waals surface area contributed by atoms with Gasteiger partial charge in [0.1, 0.15) is 5.75 Å². The molecule has 7 heteroatoms. The summed E-state index contributed by atoms with van der Waals surface area (Å²) in [4.78, 5) is 15.0. The van der Waals surface area contributed by atoms with Gasteiger partial charge >= 0.3 is 6.36 Å². The molecule has 1 unspecified atom stereocenters. The highest BCUT2D eigenvalue weighted by Gasteiger charge is 2.33. The number of carbonyl (C=O) groups excluding carboxylic acids is 1. The molecule has 1 fully saturated rings. The van der Waals surface area contributed by atoms with Crippen LogP contribution in [0, 0.1) is 0 Å². The van der Waals surface area contributed by atoms with Gasteiger partial charge in [-0.05, 0) is 42.6 Å². The summed E-state index contributed by atoms with van der Waals surface area (Å²) in [5, 5.41) is 2.87. The fourth-order valence-electron chi connectivity index (χ4n) is 4.49. The van der Waals surface area contributed by atoms with E-state index in [1.54, 1.807) is 0 Å². The Hall–Kier alpha value is -3.32. The van der Waals surface area contributed by atoms with Gasteiger partial charge in [0.15, 0.2) is 0 Å². The van der Waals surface area contributed by atoms with Gasteiger partial charge in [-0.1, -0.05) is 72.8 Å². The monoisotopic (exact) mass is 468 g/mol. The van der Waals surface area contributed by atoms with Gasteiger partial charge in [-0.3, -0.25) is 4.79 Å². The van der Waals surface area contributed by atoms with Crippen LogP contribution in [0.4, 0.5) is 13.2 Å². The van der Waals surface area contributed by atoms with Crippen molar-refractivity contribution in [2.75, 3.05) is 19.6 Å². The van der Waals surface area contributed by atoms with Crippen molar-refractivity contribution in [1.29, 1.82) is 0 Å². The van der Waals surface area contributed by atoms with E-state index < -0.39 is 18.0 Å². The van der Waals surface area contributed by atoms with Crippen LogP contribution in [0.1, 0.15) is 40.2 Å². The van der Waals surface area contributed by atoms with Gasteiger partial charge in [-0.15, -0.1) is 13.2 Å². The molecule has 0 saturated carbocycles. The van der Waals surface area contributed by atoms with Crippen LogP contribution in [0.2, 0.25) is 0 Å². The number of ether oxygens (including phenoxy) is 1. The average molecular weight is 469 g/mol. The van der Waals surface area contributed by atoms with Crippen molar-refractivity contribution in [3.63, 3.8) is 0 Å². The molecule has 1 amide bonds. The number of hydrogen-bond acceptors (Lipinski definition) is 3. The van der Waals surface area contributed by atoms with E-state index in [-0.39, 0.29) is 17.5 Å². The molecular formula is C27H27F3N2O2. The second-order valence-electron chi connectivity index (χ2n) is 8.47. The first-order chi connectivity index (χ1) is 16.4. The van der Waals surface area contributed by atoms with Crippen LogP contribution in [0.3, 0.4) is 0 Å². The molecule has 1 atom stereocenters. The van der Waals surface area contributed by atoms with E-state index >= 15 is 0 Å². The van der Waals surface area contributed by atoms with Gasteiger partial charge < -0.3 is 15.0 Å². The van der Waals surface area contributed by atoms with Crippen LogP contribution >= 0.6 is 0 Å². The van der Waals surface area contributed by atoms with Crippen molar-refractivity contribution < 1.29 is 22.7 Å². The molecule has 1 aliphatic rings. The highest BCUT2D eigenvalue weighted by Crippen LogP contribution is 2.29. The smallest absolute Gasteiger partial charge is 0.405 e. The number of likely N-dealkylation sites (tertiary alicyclic amines) is 1. The molecule has 0 aliphatic carbocycles. The molecular weight excluding hydrogens is 441 g/mol. The summed E-state index contributed by atoms with van der Waals surface area (Å²) in [7, 11) is 0. The minimum absolute atomic E-state index is 0.119. The molecule has 0 aromatic heterocycles. The van der Waals surface area contributed by atoms with E-state index in [4.69, 9.17) is 0 Å². The summed E-state index contributed by atoms with van der Waals surface area (Å²) in [5.41, 5.74) is 2.41. The predicted octanol–water partition coefficient (Wildman–Crippen LogP) is 5.61. The molecule has 34 heavy (non-hydrogen) atoms. The van der Waals surface area contributed by atoms with Gasteiger partial charge in [0.25, 0.3) is 5.91 Å². The Morgan fingerprint density at radius 2 is 1.53 bits per heavy atom. The number of carbonyl (C=O) groups is 1. The Bertz CT molecular complexity index is 1030. The molecule has 1 heterocycles. The Morgan fingerprint density at radius 3 is 2.15 bits per heavy atom. The second kappa shape index (κ2) is 10.7. The third-order valence-electron chi connectivity index (χ3n) is 6.10. The molecule has 3 aromatic rings. The van der Waals surface area contributed by atoms with Gasteiger partial charge in [-0.25, -0.2) is 0 Å². The summed E-state index contributed by atoms with van der Waals surface area (Å²) in [6.07, 6.45) is -3.18. The van der Waals surface area contributed by atoms with Crippen molar-refractivity contribution in [3.05, 3.63) is 102 Å². The molecule has 0 spiro atoms. The lowest BCUT2D eigenvalue weighted by atomic mass is 9.88. The average Bonchev–Trinajstić information content (AvgIpc) is 3.27. The Labute approximate surface area is 197 Å². The Kier molecular flexibility index (Phi) is 7.53. The Morgan fingerprint density at radius 1 is 0.941 bits per heavy atom. The lowest BCUT2D eigenvalue weighted by molar-refractivity contribution is -0.274. The van der Waals surface area contributed by atoms with Crippen LogP contribution in [-0.4, -0.2) is 42.8 Å². The fraction of sp³-hybridized carbons (Fsp3) is 0.296. The first-order valence-electron chi connectivity index (χ1n) is 11.4. The molecule has 1 aliphatic heterocycles. The maximum absolute atomic E-state index is 12.7. The van der Waals surface area contributed by atoms with Crippen molar-refractivity contribution in [2.24, 2.45) is 0 Å². The quantitative estimate of drug-likeness (QED) is 0.467. The number of rotatable bonds is 8. The van der Waals surface area contributed by atoms with E-state index in [0.29, 0.717) is 6.54 Å². The topological polar surface area (TPSA) is 41.6 Å². The molecule has 3 aromatic carbocycles. The first kappa shape index (κ1) is 23.8. The second-order valence-corrected chi connectivity index (χ2v) is 8.47. The maximum atomic E-state index is 12.7. The van der Waals surface area contributed by atoms with E-state index in [2.05, 4.69) is 39.2 Å². The van der Waals surface area contributed by atoms with E-state index in [1.807, 2.05) is 36.4 Å². The van der Waals surface area contributed by atoms with Crippen LogP contribution in [0.15, 0.2) is 84.9 Å². The SMILES string of the molecule is O=C(NC1CCN(CCC(c2ccccc2)c2ccccc2)C1)c1ccccc1OC(F)(F)F. The fourth-order valence-corrected chi connectivity index (χ4v) is 4.49. The number of nitrogens with zero attached hydrogens (tertiary/aromatic N) is 1. The van der Waals surface area contributed by atoms with Gasteiger partial charge in [0.05, 0.1) is 5.56 Å². The van der Waals surface area contributed by atoms with Crippen LogP contribution in [0.5, 0.6) is 5.75 Å². The summed E-state index contributed by atoms with van der Waals surface area (Å²) in [6, 6.07) is 26.1. The largest absolute Gasteiger partial charge is 0.573 e. The molecule has 1 saturated heterocycles.